The van der Waals surface area contributed by atoms with Crippen LogP contribution in [-0.4, -0.2) is 26.0 Å². The van der Waals surface area contributed by atoms with Crippen LogP contribution in [0.5, 0.6) is 0 Å². The minimum Gasteiger partial charge on any atom is -0.481 e. The van der Waals surface area contributed by atoms with Crippen molar-refractivity contribution in [3.63, 3.8) is 0 Å². The van der Waals surface area contributed by atoms with E-state index in [4.69, 9.17) is 0 Å². The number of carboxylic acid groups (broad SMARTS) is 1. The van der Waals surface area contributed by atoms with E-state index in [0.717, 1.165) is 0 Å². The first-order valence-electron chi connectivity index (χ1n) is 7.75. The molecule has 4 N–H and O–H groups in total. The van der Waals surface area contributed by atoms with Gasteiger partial charge >= 0.3 is 17.1 Å². The monoisotopic (exact) mass is 417 g/mol. The van der Waals surface area contributed by atoms with Gasteiger partial charge in [-0.15, -0.1) is 0 Å². The molecule has 3 aromatic rings. The maximum atomic E-state index is 12.1. The maximum Gasteiger partial charge on any atom is 0.315 e. The first-order chi connectivity index (χ1) is 12.3. The molecule has 1 unspecified atom stereocenters. The van der Waals surface area contributed by atoms with Gasteiger partial charge in [-0.25, -0.2) is 0 Å². The van der Waals surface area contributed by atoms with Gasteiger partial charge in [0.25, 0.3) is 0 Å². The van der Waals surface area contributed by atoms with Crippen LogP contribution >= 0.6 is 15.9 Å². The Morgan fingerprint density at radius 3 is 2.62 bits per heavy atom. The van der Waals surface area contributed by atoms with Gasteiger partial charge in [0.05, 0.1) is 11.0 Å². The van der Waals surface area contributed by atoms with Crippen molar-refractivity contribution in [1.29, 1.82) is 0 Å². The number of H-pyrrole nitrogens is 3. The molecule has 0 aliphatic rings. The number of nitrogens with one attached hydrogen (secondary N) is 3. The highest BCUT2D eigenvalue weighted by Gasteiger charge is 2.37. The Labute approximate surface area is 155 Å². The van der Waals surface area contributed by atoms with Gasteiger partial charge in [-0.05, 0) is 42.7 Å². The summed E-state index contributed by atoms with van der Waals surface area (Å²) in [5.41, 5.74) is -0.313. The van der Waals surface area contributed by atoms with Crippen molar-refractivity contribution < 1.29 is 9.90 Å². The molecule has 0 aliphatic carbocycles. The molecule has 1 atom stereocenters. The largest absolute Gasteiger partial charge is 0.481 e. The minimum atomic E-state index is -1.28. The molecule has 8 heteroatoms. The maximum absolute atomic E-state index is 12.1. The fourth-order valence-corrected chi connectivity index (χ4v) is 3.66. The summed E-state index contributed by atoms with van der Waals surface area (Å²) in [7, 11) is 0. The summed E-state index contributed by atoms with van der Waals surface area (Å²) in [6.45, 7) is 5.39. The van der Waals surface area contributed by atoms with Gasteiger partial charge in [0, 0.05) is 16.4 Å². The number of benzene rings is 1. The van der Waals surface area contributed by atoms with Gasteiger partial charge in [-0.1, -0.05) is 28.6 Å². The van der Waals surface area contributed by atoms with Crippen LogP contribution in [0.1, 0.15) is 23.7 Å². The Morgan fingerprint density at radius 2 is 2.04 bits per heavy atom. The zero-order valence-corrected chi connectivity index (χ0v) is 15.4. The molecule has 0 aliphatic heterocycles. The van der Waals surface area contributed by atoms with Crippen LogP contribution in [0.3, 0.4) is 0 Å². The molecule has 0 saturated carbocycles. The van der Waals surface area contributed by atoms with Gasteiger partial charge in [-0.2, -0.15) is 0 Å². The highest BCUT2D eigenvalue weighted by atomic mass is 79.9. The fraction of sp³-hybridized carbons (Fsp3) is 0.167. The number of hydrogen-bond donors (Lipinski definition) is 4. The molecule has 26 heavy (non-hydrogen) atoms. The Bertz CT molecular complexity index is 1130. The number of hydrogen-bond acceptors (Lipinski definition) is 3. The van der Waals surface area contributed by atoms with Crippen molar-refractivity contribution in [1.82, 2.24) is 15.0 Å². The van der Waals surface area contributed by atoms with E-state index in [1.165, 1.54) is 0 Å². The van der Waals surface area contributed by atoms with E-state index in [1.807, 2.05) is 0 Å². The molecule has 2 aromatic heterocycles. The molecule has 2 heterocycles. The molecule has 0 amide bonds. The molecule has 1 aromatic carbocycles. The second-order valence-electron chi connectivity index (χ2n) is 6.18. The average Bonchev–Trinajstić information content (AvgIpc) is 3.12. The van der Waals surface area contributed by atoms with E-state index in [1.54, 1.807) is 37.4 Å². The molecule has 3 rings (SSSR count). The van der Waals surface area contributed by atoms with Crippen LogP contribution in [0.2, 0.25) is 0 Å². The SMILES string of the molecule is C=Cc1c(Br)cc2[nH]c(=O)c(=O)[nH]c2c1CC(C)(C(=O)O)c1ccc[nH]1. The third-order valence-corrected chi connectivity index (χ3v) is 5.17. The van der Waals surface area contributed by atoms with Crippen molar-refractivity contribution in [2.75, 3.05) is 0 Å². The number of halogens is 1. The number of aliphatic carboxylic acids is 1. The number of carboxylic acids is 1. The molecule has 0 radical (unpaired) electrons. The van der Waals surface area contributed by atoms with Gasteiger partial charge in [0.15, 0.2) is 0 Å². The zero-order chi connectivity index (χ0) is 19.1. The summed E-state index contributed by atoms with van der Waals surface area (Å²) < 4.78 is 0.636. The van der Waals surface area contributed by atoms with Crippen molar-refractivity contribution in [3.05, 3.63) is 73.0 Å². The molecule has 0 spiro atoms. The van der Waals surface area contributed by atoms with Gasteiger partial charge in [-0.3, -0.25) is 14.4 Å². The van der Waals surface area contributed by atoms with Crippen molar-refractivity contribution in [3.8, 4) is 0 Å². The highest BCUT2D eigenvalue weighted by Crippen LogP contribution is 2.35. The number of rotatable bonds is 5. The van der Waals surface area contributed by atoms with E-state index in [0.29, 0.717) is 32.3 Å². The lowest BCUT2D eigenvalue weighted by Gasteiger charge is -2.26. The summed E-state index contributed by atoms with van der Waals surface area (Å²) in [6, 6.07) is 5.08. The second kappa shape index (κ2) is 6.45. The highest BCUT2D eigenvalue weighted by molar-refractivity contribution is 9.10. The summed E-state index contributed by atoms with van der Waals surface area (Å²) in [5, 5.41) is 9.88. The Morgan fingerprint density at radius 1 is 1.35 bits per heavy atom. The van der Waals surface area contributed by atoms with Crippen molar-refractivity contribution in [2.45, 2.75) is 18.8 Å². The van der Waals surface area contributed by atoms with Gasteiger partial charge in [0.1, 0.15) is 5.41 Å². The molecular weight excluding hydrogens is 402 g/mol. The fourth-order valence-electron chi connectivity index (χ4n) is 3.03. The lowest BCUT2D eigenvalue weighted by molar-refractivity contribution is -0.143. The summed E-state index contributed by atoms with van der Waals surface area (Å²) in [5.74, 6) is -1.02. The van der Waals surface area contributed by atoms with E-state index in [2.05, 4.69) is 37.5 Å². The van der Waals surface area contributed by atoms with E-state index in [-0.39, 0.29) is 6.42 Å². The minimum absolute atomic E-state index is 0.0716. The molecule has 0 bridgehead atoms. The molecule has 0 saturated heterocycles. The number of aromatic nitrogens is 3. The summed E-state index contributed by atoms with van der Waals surface area (Å²) >= 11 is 3.42. The Balaban J connectivity index is 2.34. The smallest absolute Gasteiger partial charge is 0.315 e. The van der Waals surface area contributed by atoms with Gasteiger partial charge < -0.3 is 20.1 Å². The third-order valence-electron chi connectivity index (χ3n) is 4.52. The number of aromatic amines is 3. The van der Waals surface area contributed by atoms with Crippen molar-refractivity contribution >= 4 is 39.0 Å². The van der Waals surface area contributed by atoms with Crippen LogP contribution in [0.4, 0.5) is 0 Å². The van der Waals surface area contributed by atoms with Crippen LogP contribution in [-0.2, 0) is 16.6 Å². The second-order valence-corrected chi connectivity index (χ2v) is 7.04. The topological polar surface area (TPSA) is 119 Å². The quantitative estimate of drug-likeness (QED) is 0.476. The summed E-state index contributed by atoms with van der Waals surface area (Å²) in [4.78, 5) is 43.6. The van der Waals surface area contributed by atoms with Crippen LogP contribution in [0.15, 0.2) is 45.0 Å². The normalized spacial score (nSPS) is 13.5. The Kier molecular flexibility index (Phi) is 4.45. The standard InChI is InChI=1S/C18H16BrN3O4/c1-3-9-10(8-18(2,17(25)26)13-5-4-6-20-13)14-12(7-11(9)19)21-15(23)16(24)22-14/h3-7,20H,1,8H2,2H3,(H,21,23)(H,22,24)(H,25,26). The molecule has 134 valence electrons. The predicted octanol–water partition coefficient (Wildman–Crippen LogP) is 2.54. The summed E-state index contributed by atoms with van der Waals surface area (Å²) in [6.07, 6.45) is 3.31. The average molecular weight is 418 g/mol. The number of fused-ring (bicyclic) bond motifs is 1. The predicted molar refractivity (Wildman–Crippen MR) is 102 cm³/mol. The molecule has 0 fully saturated rings. The molecule has 7 nitrogen and oxygen atoms in total. The lowest BCUT2D eigenvalue weighted by atomic mass is 9.79. The van der Waals surface area contributed by atoms with Crippen LogP contribution in [0, 0.1) is 0 Å². The van der Waals surface area contributed by atoms with E-state index >= 15 is 0 Å². The lowest BCUT2D eigenvalue weighted by Crippen LogP contribution is -2.36. The molecular formula is C18H16BrN3O4. The van der Waals surface area contributed by atoms with Crippen LogP contribution < -0.4 is 11.1 Å². The first-order valence-corrected chi connectivity index (χ1v) is 8.54. The van der Waals surface area contributed by atoms with Crippen molar-refractivity contribution in [2.24, 2.45) is 0 Å². The Hall–Kier alpha value is -2.87. The van der Waals surface area contributed by atoms with E-state index in [9.17, 15) is 19.5 Å². The van der Waals surface area contributed by atoms with Crippen LogP contribution in [0.25, 0.3) is 17.1 Å². The van der Waals surface area contributed by atoms with E-state index < -0.39 is 22.5 Å². The van der Waals surface area contributed by atoms with Gasteiger partial charge in [0.2, 0.25) is 0 Å². The third kappa shape index (κ3) is 2.82. The zero-order valence-electron chi connectivity index (χ0n) is 13.9. The first kappa shape index (κ1) is 17.9. The number of carbonyl (C=O) groups is 1.